The summed E-state index contributed by atoms with van der Waals surface area (Å²) in [6.07, 6.45) is -1.23. The van der Waals surface area contributed by atoms with Gasteiger partial charge < -0.3 is 0 Å². The zero-order valence-corrected chi connectivity index (χ0v) is 7.71. The molecule has 0 aliphatic rings. The predicted molar refractivity (Wildman–Crippen MR) is 33.1 cm³/mol. The first-order valence-electron chi connectivity index (χ1n) is 2.24. The zero-order chi connectivity index (χ0) is 6.57. The SMILES string of the molecule is OC(C[Se])C(O)C[Se]. The van der Waals surface area contributed by atoms with Gasteiger partial charge in [0.2, 0.25) is 0 Å². The number of hydrogen-bond acceptors (Lipinski definition) is 2. The van der Waals surface area contributed by atoms with Crippen molar-refractivity contribution in [2.45, 2.75) is 22.8 Å². The Balaban J connectivity index is 3.29. The number of hydrogen-bond donors (Lipinski definition) is 2. The van der Waals surface area contributed by atoms with Gasteiger partial charge in [-0.15, -0.1) is 0 Å². The summed E-state index contributed by atoms with van der Waals surface area (Å²) in [4.78, 5) is 0. The van der Waals surface area contributed by atoms with Crippen LogP contribution in [-0.4, -0.2) is 54.4 Å². The summed E-state index contributed by atoms with van der Waals surface area (Å²) >= 11 is 5.27. The minimum atomic E-state index is -0.615. The first-order chi connectivity index (χ1) is 3.72. The van der Waals surface area contributed by atoms with Gasteiger partial charge >= 0.3 is 65.1 Å². The average Bonchev–Trinajstić information content (AvgIpc) is 1.84. The second kappa shape index (κ2) is 4.80. The fourth-order valence-electron chi connectivity index (χ4n) is 0.222. The van der Waals surface area contributed by atoms with E-state index in [1.54, 1.807) is 0 Å². The average molecular weight is 246 g/mol. The Morgan fingerprint density at radius 3 is 1.38 bits per heavy atom. The fourth-order valence-corrected chi connectivity index (χ4v) is 1.15. The van der Waals surface area contributed by atoms with Crippen LogP contribution in [0, 0.1) is 0 Å². The summed E-state index contributed by atoms with van der Waals surface area (Å²) < 4.78 is 0. The van der Waals surface area contributed by atoms with Gasteiger partial charge in [0, 0.05) is 0 Å². The Morgan fingerprint density at radius 2 is 1.25 bits per heavy atom. The Kier molecular flexibility index (Phi) is 5.38. The van der Waals surface area contributed by atoms with E-state index < -0.39 is 12.2 Å². The van der Waals surface area contributed by atoms with Crippen LogP contribution in [0.15, 0.2) is 0 Å². The van der Waals surface area contributed by atoms with E-state index in [2.05, 4.69) is 32.0 Å². The van der Waals surface area contributed by atoms with Crippen LogP contribution in [0.1, 0.15) is 0 Å². The molecular formula is C4H8O2Se2. The summed E-state index contributed by atoms with van der Waals surface area (Å²) in [7, 11) is 0. The summed E-state index contributed by atoms with van der Waals surface area (Å²) in [5.74, 6) is 0. The van der Waals surface area contributed by atoms with Gasteiger partial charge in [0.25, 0.3) is 0 Å². The molecule has 0 aromatic heterocycles. The maximum absolute atomic E-state index is 8.83. The van der Waals surface area contributed by atoms with Crippen molar-refractivity contribution in [3.8, 4) is 0 Å². The first-order valence-corrected chi connectivity index (χ1v) is 4.67. The first kappa shape index (κ1) is 8.96. The summed E-state index contributed by atoms with van der Waals surface area (Å²) in [6.45, 7) is 0. The molecule has 2 nitrogen and oxygen atoms in total. The molecular weight excluding hydrogens is 238 g/mol. The van der Waals surface area contributed by atoms with Crippen LogP contribution in [0.2, 0.25) is 10.6 Å². The number of aliphatic hydroxyl groups excluding tert-OH is 2. The van der Waals surface area contributed by atoms with Crippen LogP contribution in [0.3, 0.4) is 0 Å². The van der Waals surface area contributed by atoms with E-state index in [4.69, 9.17) is 10.2 Å². The number of rotatable bonds is 3. The molecule has 0 aromatic rings. The van der Waals surface area contributed by atoms with Crippen molar-refractivity contribution >= 4 is 32.0 Å². The standard InChI is InChI=1S/C4H8O2Se2/c5-3(1-7)4(6)2-8/h3-6H,1-2H2. The molecule has 2 N–H and O–H groups in total. The van der Waals surface area contributed by atoms with Crippen molar-refractivity contribution in [3.05, 3.63) is 0 Å². The number of aliphatic hydroxyl groups is 2. The maximum atomic E-state index is 8.83. The van der Waals surface area contributed by atoms with Crippen molar-refractivity contribution in [1.29, 1.82) is 0 Å². The second-order valence-electron chi connectivity index (χ2n) is 1.47. The van der Waals surface area contributed by atoms with Crippen molar-refractivity contribution < 1.29 is 10.2 Å². The van der Waals surface area contributed by atoms with Crippen molar-refractivity contribution in [1.82, 2.24) is 0 Å². The van der Waals surface area contributed by atoms with E-state index >= 15 is 0 Å². The van der Waals surface area contributed by atoms with Gasteiger partial charge in [-0.1, -0.05) is 0 Å². The topological polar surface area (TPSA) is 40.5 Å². The summed E-state index contributed by atoms with van der Waals surface area (Å²) in [5.41, 5.74) is 0. The van der Waals surface area contributed by atoms with Crippen molar-refractivity contribution in [2.75, 3.05) is 0 Å². The van der Waals surface area contributed by atoms with Crippen LogP contribution < -0.4 is 0 Å². The molecule has 0 heterocycles. The normalized spacial score (nSPS) is 18.0. The van der Waals surface area contributed by atoms with Crippen LogP contribution in [-0.2, 0) is 0 Å². The van der Waals surface area contributed by atoms with Gasteiger partial charge in [0.1, 0.15) is 0 Å². The Labute approximate surface area is 65.3 Å². The van der Waals surface area contributed by atoms with E-state index in [1.807, 2.05) is 0 Å². The minimum absolute atomic E-state index is 0.489. The van der Waals surface area contributed by atoms with Crippen LogP contribution in [0.25, 0.3) is 0 Å². The Bertz CT molecular complexity index is 52.0. The molecule has 8 heavy (non-hydrogen) atoms. The van der Waals surface area contributed by atoms with Crippen LogP contribution >= 0.6 is 0 Å². The molecule has 2 radical (unpaired) electrons. The third kappa shape index (κ3) is 3.08. The molecule has 0 aliphatic carbocycles. The van der Waals surface area contributed by atoms with E-state index in [-0.39, 0.29) is 0 Å². The molecule has 0 rings (SSSR count). The molecule has 0 spiro atoms. The van der Waals surface area contributed by atoms with Crippen LogP contribution in [0.5, 0.6) is 0 Å². The quantitative estimate of drug-likeness (QED) is 0.619. The molecule has 0 fully saturated rings. The molecule has 0 saturated heterocycles. The van der Waals surface area contributed by atoms with E-state index in [9.17, 15) is 0 Å². The van der Waals surface area contributed by atoms with Gasteiger partial charge in [-0.25, -0.2) is 0 Å². The molecule has 0 aromatic carbocycles. The third-order valence-electron chi connectivity index (χ3n) is 0.786. The van der Waals surface area contributed by atoms with Crippen molar-refractivity contribution in [3.63, 3.8) is 0 Å². The van der Waals surface area contributed by atoms with Gasteiger partial charge in [-0.3, -0.25) is 0 Å². The molecule has 0 saturated carbocycles. The third-order valence-corrected chi connectivity index (χ3v) is 2.22. The van der Waals surface area contributed by atoms with Gasteiger partial charge in [0.15, 0.2) is 0 Å². The van der Waals surface area contributed by atoms with Crippen molar-refractivity contribution in [2.24, 2.45) is 0 Å². The van der Waals surface area contributed by atoms with E-state index in [0.717, 1.165) is 0 Å². The van der Waals surface area contributed by atoms with Gasteiger partial charge in [0.05, 0.1) is 0 Å². The zero-order valence-electron chi connectivity index (χ0n) is 4.28. The molecule has 4 heteroatoms. The summed E-state index contributed by atoms with van der Waals surface area (Å²) in [6, 6.07) is 0. The molecule has 2 unspecified atom stereocenters. The van der Waals surface area contributed by atoms with Gasteiger partial charge in [-0.05, 0) is 0 Å². The van der Waals surface area contributed by atoms with E-state index in [1.165, 1.54) is 0 Å². The second-order valence-corrected chi connectivity index (χ2v) is 2.87. The monoisotopic (exact) mass is 248 g/mol. The predicted octanol–water partition coefficient (Wildman–Crippen LogP) is -1.12. The van der Waals surface area contributed by atoms with Gasteiger partial charge in [-0.2, -0.15) is 0 Å². The summed E-state index contributed by atoms with van der Waals surface area (Å²) in [5, 5.41) is 18.6. The Hall–Kier alpha value is 0.959. The molecule has 0 bridgehead atoms. The van der Waals surface area contributed by atoms with E-state index in [0.29, 0.717) is 10.6 Å². The molecule has 0 aliphatic heterocycles. The molecule has 48 valence electrons. The molecule has 0 amide bonds. The van der Waals surface area contributed by atoms with Crippen LogP contribution in [0.4, 0.5) is 0 Å². The molecule has 2 atom stereocenters. The fraction of sp³-hybridized carbons (Fsp3) is 1.00. The Morgan fingerprint density at radius 1 is 1.00 bits per heavy atom.